The lowest BCUT2D eigenvalue weighted by molar-refractivity contribution is -1.05. The first kappa shape index (κ1) is 13.8. The lowest BCUT2D eigenvalue weighted by atomic mass is 10.2. The third-order valence-corrected chi connectivity index (χ3v) is 1.97. The summed E-state index contributed by atoms with van der Waals surface area (Å²) in [6, 6.07) is 0. The highest BCUT2D eigenvalue weighted by molar-refractivity contribution is 4.40. The number of hydrogen-bond acceptors (Lipinski definition) is 4. The van der Waals surface area contributed by atoms with E-state index in [0.717, 1.165) is 25.7 Å². The molecule has 0 saturated carbocycles. The molecule has 0 aliphatic rings. The second-order valence-electron chi connectivity index (χ2n) is 3.07. The van der Waals surface area contributed by atoms with Crippen molar-refractivity contribution in [1.29, 1.82) is 0 Å². The van der Waals surface area contributed by atoms with E-state index in [1.165, 1.54) is 14.2 Å². The zero-order valence-electron chi connectivity index (χ0n) is 8.88. The summed E-state index contributed by atoms with van der Waals surface area (Å²) < 4.78 is 0. The lowest BCUT2D eigenvalue weighted by Gasteiger charge is -2.18. The molecule has 0 aromatic heterocycles. The van der Waals surface area contributed by atoms with Crippen molar-refractivity contribution in [2.24, 2.45) is 0 Å². The number of quaternary nitrogens is 2. The van der Waals surface area contributed by atoms with E-state index >= 15 is 0 Å². The van der Waals surface area contributed by atoms with Gasteiger partial charge in [0, 0.05) is 0 Å². The van der Waals surface area contributed by atoms with Crippen molar-refractivity contribution in [3.63, 3.8) is 0 Å². The molecule has 2 N–H and O–H groups in total. The molecule has 0 saturated heterocycles. The first-order chi connectivity index (χ1) is 6.70. The summed E-state index contributed by atoms with van der Waals surface area (Å²) in [5, 5.41) is 21.1. The smallest absolute Gasteiger partial charge is 0.107 e. The highest BCUT2D eigenvalue weighted by Crippen LogP contribution is 1.95. The van der Waals surface area contributed by atoms with Crippen molar-refractivity contribution < 1.29 is 20.1 Å². The summed E-state index contributed by atoms with van der Waals surface area (Å²) in [5.74, 6) is 0. The van der Waals surface area contributed by atoms with E-state index in [4.69, 9.17) is 0 Å². The third-order valence-electron chi connectivity index (χ3n) is 1.97. The normalized spacial score (nSPS) is 15.4. The molecular formula is C8H20N2O4. The Morgan fingerprint density at radius 3 is 1.43 bits per heavy atom. The Balaban J connectivity index is 3.06. The molecule has 0 radical (unpaired) electrons. The van der Waals surface area contributed by atoms with Gasteiger partial charge in [-0.15, -0.1) is 0 Å². The first-order valence-corrected chi connectivity index (χ1v) is 4.84. The molecule has 2 atom stereocenters. The van der Waals surface area contributed by atoms with Crippen LogP contribution in [0.15, 0.2) is 0 Å². The van der Waals surface area contributed by atoms with Crippen molar-refractivity contribution in [1.82, 2.24) is 0 Å². The summed E-state index contributed by atoms with van der Waals surface area (Å²) in [4.78, 5) is 9.00. The Kier molecular flexibility index (Phi) is 9.16. The Hall–Kier alpha value is -0.240. The summed E-state index contributed by atoms with van der Waals surface area (Å²) >= 11 is 0. The van der Waals surface area contributed by atoms with Gasteiger partial charge in [-0.3, -0.25) is 0 Å². The number of rotatable bonds is 9. The molecule has 86 valence electrons. The minimum absolute atomic E-state index is 0.169. The van der Waals surface area contributed by atoms with Crippen LogP contribution in [-0.4, -0.2) is 27.3 Å². The van der Waals surface area contributed by atoms with Crippen molar-refractivity contribution in [3.8, 4) is 0 Å². The van der Waals surface area contributed by atoms with Crippen LogP contribution in [0.4, 0.5) is 0 Å². The summed E-state index contributed by atoms with van der Waals surface area (Å²) in [6.45, 7) is 0.934. The topological polar surface area (TPSA) is 73.5 Å². The standard InChI is InChI=1S/C8H20N2O4/c1-13-9(11)7-5-3-4-6-8-10(12)14-2/h9-10H,3-8H2,1-2H3. The Morgan fingerprint density at radius 2 is 1.14 bits per heavy atom. The predicted molar refractivity (Wildman–Crippen MR) is 50.9 cm³/mol. The highest BCUT2D eigenvalue weighted by atomic mass is 16.9. The summed E-state index contributed by atoms with van der Waals surface area (Å²) in [5.41, 5.74) is 0. The van der Waals surface area contributed by atoms with E-state index in [9.17, 15) is 10.4 Å². The molecule has 0 bridgehead atoms. The fourth-order valence-corrected chi connectivity index (χ4v) is 1.10. The molecule has 0 fully saturated rings. The molecule has 0 aromatic rings. The first-order valence-electron chi connectivity index (χ1n) is 4.84. The molecule has 6 heteroatoms. The van der Waals surface area contributed by atoms with Gasteiger partial charge in [0.25, 0.3) is 0 Å². The number of unbranched alkanes of at least 4 members (excludes halogenated alkanes) is 3. The van der Waals surface area contributed by atoms with Gasteiger partial charge in [0.15, 0.2) is 0 Å². The number of hydroxylamine groups is 4. The SMILES string of the molecule is CO[NH+]([O-])CCCCCC[NH+]([O-])OC. The van der Waals surface area contributed by atoms with E-state index in [1.54, 1.807) is 0 Å². The van der Waals surface area contributed by atoms with Gasteiger partial charge in [0.1, 0.15) is 13.1 Å². The molecule has 0 aliphatic carbocycles. The van der Waals surface area contributed by atoms with Crippen molar-refractivity contribution in [2.45, 2.75) is 25.7 Å². The number of hydrogen-bond donors (Lipinski definition) is 2. The van der Waals surface area contributed by atoms with Crippen molar-refractivity contribution in [2.75, 3.05) is 27.3 Å². The maximum atomic E-state index is 10.7. The van der Waals surface area contributed by atoms with Crippen molar-refractivity contribution in [3.05, 3.63) is 10.4 Å². The molecule has 0 rings (SSSR count). The average molecular weight is 208 g/mol. The predicted octanol–water partition coefficient (Wildman–Crippen LogP) is -1.56. The second-order valence-corrected chi connectivity index (χ2v) is 3.07. The van der Waals surface area contributed by atoms with Gasteiger partial charge in [-0.05, 0) is 25.7 Å². The van der Waals surface area contributed by atoms with Crippen LogP contribution in [0.3, 0.4) is 0 Å². The van der Waals surface area contributed by atoms with Gasteiger partial charge in [0.05, 0.1) is 14.2 Å². The van der Waals surface area contributed by atoms with Crippen LogP contribution in [0.5, 0.6) is 0 Å². The maximum absolute atomic E-state index is 10.7. The Bertz CT molecular complexity index is 112. The maximum Gasteiger partial charge on any atom is 0.107 e. The molecular weight excluding hydrogens is 188 g/mol. The van der Waals surface area contributed by atoms with E-state index in [-0.39, 0.29) is 10.5 Å². The highest BCUT2D eigenvalue weighted by Gasteiger charge is 1.98. The van der Waals surface area contributed by atoms with Crippen LogP contribution in [0, 0.1) is 10.4 Å². The van der Waals surface area contributed by atoms with E-state index in [1.807, 2.05) is 0 Å². The van der Waals surface area contributed by atoms with Crippen LogP contribution in [0.25, 0.3) is 0 Å². The minimum Gasteiger partial charge on any atom is -0.600 e. The van der Waals surface area contributed by atoms with Gasteiger partial charge in [-0.2, -0.15) is 0 Å². The third kappa shape index (κ3) is 8.36. The van der Waals surface area contributed by atoms with Crippen LogP contribution >= 0.6 is 0 Å². The summed E-state index contributed by atoms with van der Waals surface area (Å²) in [6.07, 6.45) is 3.56. The molecule has 6 nitrogen and oxygen atoms in total. The molecule has 2 unspecified atom stereocenters. The van der Waals surface area contributed by atoms with Gasteiger partial charge >= 0.3 is 0 Å². The van der Waals surface area contributed by atoms with Crippen LogP contribution in [0.2, 0.25) is 0 Å². The monoisotopic (exact) mass is 208 g/mol. The van der Waals surface area contributed by atoms with Gasteiger partial charge in [-0.1, -0.05) is 0 Å². The van der Waals surface area contributed by atoms with E-state index < -0.39 is 0 Å². The molecule has 0 spiro atoms. The zero-order chi connectivity index (χ0) is 10.8. The summed E-state index contributed by atoms with van der Waals surface area (Å²) in [7, 11) is 2.78. The minimum atomic E-state index is -0.169. The Labute approximate surface area is 84.4 Å². The molecule has 0 aromatic carbocycles. The van der Waals surface area contributed by atoms with Gasteiger partial charge in [-0.25, -0.2) is 20.1 Å². The average Bonchev–Trinajstić information content (AvgIpc) is 2.22. The van der Waals surface area contributed by atoms with Crippen molar-refractivity contribution >= 4 is 0 Å². The van der Waals surface area contributed by atoms with Gasteiger partial charge < -0.3 is 10.4 Å². The lowest BCUT2D eigenvalue weighted by Crippen LogP contribution is -3.05. The molecule has 0 amide bonds. The van der Waals surface area contributed by atoms with Crippen LogP contribution < -0.4 is 10.5 Å². The van der Waals surface area contributed by atoms with Crippen LogP contribution in [-0.2, 0) is 9.68 Å². The number of nitrogens with one attached hydrogen (secondary N) is 2. The van der Waals surface area contributed by atoms with E-state index in [0.29, 0.717) is 13.1 Å². The fraction of sp³-hybridized carbons (Fsp3) is 1.00. The molecule has 0 heterocycles. The quantitative estimate of drug-likeness (QED) is 0.355. The van der Waals surface area contributed by atoms with Crippen LogP contribution in [0.1, 0.15) is 25.7 Å². The fourth-order valence-electron chi connectivity index (χ4n) is 1.10. The largest absolute Gasteiger partial charge is 0.600 e. The second kappa shape index (κ2) is 9.32. The van der Waals surface area contributed by atoms with E-state index in [2.05, 4.69) is 9.68 Å². The van der Waals surface area contributed by atoms with Gasteiger partial charge in [0.2, 0.25) is 0 Å². The molecule has 0 aliphatic heterocycles. The molecule has 14 heavy (non-hydrogen) atoms. The Morgan fingerprint density at radius 1 is 0.786 bits per heavy atom. The zero-order valence-corrected chi connectivity index (χ0v) is 8.88.